The molecule has 7 nitrogen and oxygen atoms in total. The quantitative estimate of drug-likeness (QED) is 0.790. The summed E-state index contributed by atoms with van der Waals surface area (Å²) in [4.78, 5) is 32.1. The van der Waals surface area contributed by atoms with Crippen LogP contribution in [-0.2, 0) is 16.0 Å². The molecule has 20 heavy (non-hydrogen) atoms. The van der Waals surface area contributed by atoms with Crippen LogP contribution in [-0.4, -0.2) is 57.4 Å². The average Bonchev–Trinajstić information content (AvgIpc) is 2.96. The van der Waals surface area contributed by atoms with Crippen LogP contribution in [0.2, 0.25) is 0 Å². The highest BCUT2D eigenvalue weighted by Gasteiger charge is 2.37. The van der Waals surface area contributed by atoms with Gasteiger partial charge in [-0.2, -0.15) is 4.98 Å². The minimum Gasteiger partial charge on any atom is -0.340 e. The Hall–Kier alpha value is -1.92. The van der Waals surface area contributed by atoms with E-state index in [2.05, 4.69) is 10.1 Å². The second-order valence-corrected chi connectivity index (χ2v) is 5.26. The van der Waals surface area contributed by atoms with Gasteiger partial charge in [-0.25, -0.2) is 0 Å². The number of hydrogen-bond donors (Lipinski definition) is 0. The molecule has 3 rings (SSSR count). The van der Waals surface area contributed by atoms with E-state index in [1.807, 2.05) is 0 Å². The summed E-state index contributed by atoms with van der Waals surface area (Å²) in [6.45, 7) is 1.73. The molecule has 3 heterocycles. The molecule has 1 atom stereocenters. The zero-order valence-corrected chi connectivity index (χ0v) is 11.3. The lowest BCUT2D eigenvalue weighted by atomic mass is 10.0. The Labute approximate surface area is 116 Å². The molecule has 0 aromatic carbocycles. The van der Waals surface area contributed by atoms with Gasteiger partial charge in [-0.1, -0.05) is 5.16 Å². The molecule has 2 aliphatic heterocycles. The summed E-state index contributed by atoms with van der Waals surface area (Å²) in [5.41, 5.74) is 0. The standard InChI is InChI=1S/C13H18N4O3/c18-12-5-8-16(7-4-11-14-9-15-20-11)13(19)10-3-1-2-6-17(10)12/h9-10H,1-8H2. The van der Waals surface area contributed by atoms with E-state index >= 15 is 0 Å². The SMILES string of the molecule is O=C1C2CCCCN2C(=O)CCN1CCc1ncno1. The second kappa shape index (κ2) is 5.60. The highest BCUT2D eigenvalue weighted by atomic mass is 16.5. The lowest BCUT2D eigenvalue weighted by molar-refractivity contribution is -0.143. The summed E-state index contributed by atoms with van der Waals surface area (Å²) in [5, 5.41) is 3.55. The van der Waals surface area contributed by atoms with Gasteiger partial charge >= 0.3 is 0 Å². The molecule has 7 heteroatoms. The van der Waals surface area contributed by atoms with Crippen molar-refractivity contribution in [1.29, 1.82) is 0 Å². The van der Waals surface area contributed by atoms with Gasteiger partial charge in [-0.15, -0.1) is 0 Å². The van der Waals surface area contributed by atoms with Crippen molar-refractivity contribution in [2.45, 2.75) is 38.1 Å². The Morgan fingerprint density at radius 3 is 3.00 bits per heavy atom. The first-order valence-electron chi connectivity index (χ1n) is 7.09. The Balaban J connectivity index is 1.68. The molecular weight excluding hydrogens is 260 g/mol. The Kier molecular flexibility index (Phi) is 3.66. The number of fused-ring (bicyclic) bond motifs is 1. The number of rotatable bonds is 3. The predicted molar refractivity (Wildman–Crippen MR) is 68.6 cm³/mol. The largest absolute Gasteiger partial charge is 0.340 e. The maximum absolute atomic E-state index is 12.6. The van der Waals surface area contributed by atoms with Crippen LogP contribution in [0.15, 0.2) is 10.9 Å². The molecule has 2 aliphatic rings. The van der Waals surface area contributed by atoms with Gasteiger partial charge in [0.05, 0.1) is 0 Å². The molecule has 0 spiro atoms. The van der Waals surface area contributed by atoms with Crippen molar-refractivity contribution in [2.24, 2.45) is 0 Å². The van der Waals surface area contributed by atoms with E-state index in [1.54, 1.807) is 9.80 Å². The lowest BCUT2D eigenvalue weighted by Crippen LogP contribution is -2.50. The summed E-state index contributed by atoms with van der Waals surface area (Å²) in [6, 6.07) is -0.263. The molecule has 0 N–H and O–H groups in total. The summed E-state index contributed by atoms with van der Waals surface area (Å²) >= 11 is 0. The number of carbonyl (C=O) groups excluding carboxylic acids is 2. The van der Waals surface area contributed by atoms with E-state index in [-0.39, 0.29) is 17.9 Å². The maximum Gasteiger partial charge on any atom is 0.245 e. The van der Waals surface area contributed by atoms with Crippen LogP contribution in [0.3, 0.4) is 0 Å². The van der Waals surface area contributed by atoms with Gasteiger partial charge in [-0.05, 0) is 19.3 Å². The normalized spacial score (nSPS) is 23.7. The first-order chi connectivity index (χ1) is 9.75. The van der Waals surface area contributed by atoms with E-state index in [9.17, 15) is 9.59 Å². The zero-order chi connectivity index (χ0) is 13.9. The van der Waals surface area contributed by atoms with Crippen LogP contribution in [0, 0.1) is 0 Å². The van der Waals surface area contributed by atoms with Gasteiger partial charge in [0, 0.05) is 32.5 Å². The van der Waals surface area contributed by atoms with Crippen molar-refractivity contribution >= 4 is 11.8 Å². The fourth-order valence-corrected chi connectivity index (χ4v) is 2.94. The summed E-state index contributed by atoms with van der Waals surface area (Å²) in [5.74, 6) is 0.687. The minimum atomic E-state index is -0.263. The third-order valence-electron chi connectivity index (χ3n) is 4.02. The van der Waals surface area contributed by atoms with Crippen LogP contribution < -0.4 is 0 Å². The van der Waals surface area contributed by atoms with E-state index in [1.165, 1.54) is 6.33 Å². The molecule has 108 valence electrons. The van der Waals surface area contributed by atoms with E-state index in [4.69, 9.17) is 4.52 Å². The number of carbonyl (C=O) groups is 2. The fourth-order valence-electron chi connectivity index (χ4n) is 2.94. The van der Waals surface area contributed by atoms with Crippen LogP contribution in [0.25, 0.3) is 0 Å². The van der Waals surface area contributed by atoms with Gasteiger partial charge in [0.25, 0.3) is 0 Å². The Bertz CT molecular complexity index is 488. The van der Waals surface area contributed by atoms with Gasteiger partial charge in [0.1, 0.15) is 6.04 Å². The number of piperidine rings is 1. The predicted octanol–water partition coefficient (Wildman–Crippen LogP) is 0.225. The molecule has 2 amide bonds. The Morgan fingerprint density at radius 1 is 1.30 bits per heavy atom. The molecule has 0 bridgehead atoms. The average molecular weight is 278 g/mol. The van der Waals surface area contributed by atoms with E-state index < -0.39 is 0 Å². The summed E-state index contributed by atoms with van der Waals surface area (Å²) in [7, 11) is 0. The number of aromatic nitrogens is 2. The van der Waals surface area contributed by atoms with Crippen molar-refractivity contribution in [3.05, 3.63) is 12.2 Å². The highest BCUT2D eigenvalue weighted by Crippen LogP contribution is 2.22. The molecule has 1 unspecified atom stereocenters. The van der Waals surface area contributed by atoms with Crippen molar-refractivity contribution in [3.8, 4) is 0 Å². The molecule has 2 saturated heterocycles. The van der Waals surface area contributed by atoms with Gasteiger partial charge < -0.3 is 14.3 Å². The van der Waals surface area contributed by atoms with E-state index in [0.717, 1.165) is 19.3 Å². The molecular formula is C13H18N4O3. The van der Waals surface area contributed by atoms with Crippen LogP contribution in [0.1, 0.15) is 31.6 Å². The third-order valence-corrected chi connectivity index (χ3v) is 4.02. The fraction of sp³-hybridized carbons (Fsp3) is 0.692. The van der Waals surface area contributed by atoms with E-state index in [0.29, 0.717) is 38.4 Å². The van der Waals surface area contributed by atoms with Gasteiger partial charge in [0.2, 0.25) is 17.7 Å². The van der Waals surface area contributed by atoms with Crippen LogP contribution in [0.4, 0.5) is 0 Å². The maximum atomic E-state index is 12.6. The lowest BCUT2D eigenvalue weighted by Gasteiger charge is -2.34. The second-order valence-electron chi connectivity index (χ2n) is 5.26. The van der Waals surface area contributed by atoms with Crippen LogP contribution in [0.5, 0.6) is 0 Å². The third kappa shape index (κ3) is 2.52. The first kappa shape index (κ1) is 13.1. The molecule has 1 aromatic heterocycles. The summed E-state index contributed by atoms with van der Waals surface area (Å²) in [6.07, 6.45) is 5.08. The van der Waals surface area contributed by atoms with Crippen molar-refractivity contribution in [3.63, 3.8) is 0 Å². The Morgan fingerprint density at radius 2 is 2.20 bits per heavy atom. The first-order valence-corrected chi connectivity index (χ1v) is 7.09. The highest BCUT2D eigenvalue weighted by molar-refractivity contribution is 5.90. The molecule has 0 aliphatic carbocycles. The molecule has 0 radical (unpaired) electrons. The van der Waals surface area contributed by atoms with Crippen molar-refractivity contribution in [2.75, 3.05) is 19.6 Å². The molecule has 2 fully saturated rings. The van der Waals surface area contributed by atoms with Crippen molar-refractivity contribution in [1.82, 2.24) is 19.9 Å². The molecule has 0 saturated carbocycles. The number of hydrogen-bond acceptors (Lipinski definition) is 5. The number of amides is 2. The topological polar surface area (TPSA) is 79.5 Å². The van der Waals surface area contributed by atoms with Gasteiger partial charge in [-0.3, -0.25) is 9.59 Å². The monoisotopic (exact) mass is 278 g/mol. The van der Waals surface area contributed by atoms with Crippen molar-refractivity contribution < 1.29 is 14.1 Å². The smallest absolute Gasteiger partial charge is 0.245 e. The minimum absolute atomic E-state index is 0.0649. The van der Waals surface area contributed by atoms with Crippen LogP contribution >= 0.6 is 0 Å². The molecule has 1 aromatic rings. The number of nitrogens with zero attached hydrogens (tertiary/aromatic N) is 4. The van der Waals surface area contributed by atoms with Gasteiger partial charge in [0.15, 0.2) is 6.33 Å². The summed E-state index contributed by atoms with van der Waals surface area (Å²) < 4.78 is 4.94. The zero-order valence-electron chi connectivity index (χ0n) is 11.3.